The maximum absolute atomic E-state index is 12.3. The number of nitro benzene ring substituents is 1. The summed E-state index contributed by atoms with van der Waals surface area (Å²) < 4.78 is 4.92. The molecule has 0 saturated carbocycles. The van der Waals surface area contributed by atoms with Crippen molar-refractivity contribution in [2.45, 2.75) is 19.8 Å². The lowest BCUT2D eigenvalue weighted by atomic mass is 9.95. The number of nitrogens with one attached hydrogen (secondary N) is 1. The first-order valence-electron chi connectivity index (χ1n) is 8.42. The van der Waals surface area contributed by atoms with Crippen LogP contribution in [0.1, 0.15) is 29.0 Å². The van der Waals surface area contributed by atoms with Crippen LogP contribution in [0, 0.1) is 23.0 Å². The highest BCUT2D eigenvalue weighted by molar-refractivity contribution is 5.94. The Morgan fingerprint density at radius 3 is 2.59 bits per heavy atom. The Morgan fingerprint density at radius 1 is 1.33 bits per heavy atom. The molecular formula is C17H19N5O5. The van der Waals surface area contributed by atoms with Gasteiger partial charge in [0.1, 0.15) is 11.4 Å². The lowest BCUT2D eigenvalue weighted by Gasteiger charge is -2.32. The van der Waals surface area contributed by atoms with E-state index in [9.17, 15) is 19.7 Å². The third-order valence-corrected chi connectivity index (χ3v) is 4.54. The highest BCUT2D eigenvalue weighted by Crippen LogP contribution is 2.32. The lowest BCUT2D eigenvalue weighted by Crippen LogP contribution is -2.38. The molecule has 142 valence electrons. The summed E-state index contributed by atoms with van der Waals surface area (Å²) in [6.07, 6.45) is 1.08. The highest BCUT2D eigenvalue weighted by Gasteiger charge is 2.29. The SMILES string of the molecule is Cc1cc(NC(=O)C2CCN(c3ccc(C(N)=O)cc3[N+](=O)[O-])CC2)no1. The summed E-state index contributed by atoms with van der Waals surface area (Å²) in [5, 5.41) is 17.8. The Kier molecular flexibility index (Phi) is 5.06. The first-order chi connectivity index (χ1) is 12.8. The Morgan fingerprint density at radius 2 is 2.04 bits per heavy atom. The zero-order chi connectivity index (χ0) is 19.6. The number of hydrogen-bond acceptors (Lipinski definition) is 7. The van der Waals surface area contributed by atoms with Crippen molar-refractivity contribution in [1.82, 2.24) is 5.16 Å². The van der Waals surface area contributed by atoms with E-state index in [-0.39, 0.29) is 23.1 Å². The predicted molar refractivity (Wildman–Crippen MR) is 96.4 cm³/mol. The van der Waals surface area contributed by atoms with Gasteiger partial charge in [0, 0.05) is 36.7 Å². The van der Waals surface area contributed by atoms with E-state index in [1.807, 2.05) is 4.90 Å². The predicted octanol–water partition coefficient (Wildman–Crippen LogP) is 1.85. The fourth-order valence-corrected chi connectivity index (χ4v) is 3.13. The summed E-state index contributed by atoms with van der Waals surface area (Å²) in [6.45, 7) is 2.69. The molecular weight excluding hydrogens is 354 g/mol. The molecule has 1 aliphatic rings. The van der Waals surface area contributed by atoms with E-state index in [0.717, 1.165) is 0 Å². The van der Waals surface area contributed by atoms with Crippen molar-refractivity contribution >= 4 is 29.0 Å². The molecule has 10 heteroatoms. The van der Waals surface area contributed by atoms with Gasteiger partial charge in [-0.1, -0.05) is 5.16 Å². The van der Waals surface area contributed by atoms with Gasteiger partial charge >= 0.3 is 0 Å². The number of rotatable bonds is 5. The summed E-state index contributed by atoms with van der Waals surface area (Å²) in [5.41, 5.74) is 5.52. The minimum Gasteiger partial charge on any atom is -0.366 e. The normalized spacial score (nSPS) is 14.8. The standard InChI is InChI=1S/C17H19N5O5/c1-10-8-15(20-27-10)19-17(24)11-4-6-21(7-5-11)13-3-2-12(16(18)23)9-14(13)22(25)26/h2-3,8-9,11H,4-7H2,1H3,(H2,18,23)(H,19,20,24). The Labute approximate surface area is 154 Å². The lowest BCUT2D eigenvalue weighted by molar-refractivity contribution is -0.384. The topological polar surface area (TPSA) is 145 Å². The first kappa shape index (κ1) is 18.4. The summed E-state index contributed by atoms with van der Waals surface area (Å²) >= 11 is 0. The molecule has 3 N–H and O–H groups in total. The van der Waals surface area contributed by atoms with Crippen molar-refractivity contribution in [3.8, 4) is 0 Å². The van der Waals surface area contributed by atoms with Gasteiger partial charge in [-0.3, -0.25) is 19.7 Å². The van der Waals surface area contributed by atoms with Crippen molar-refractivity contribution < 1.29 is 19.0 Å². The van der Waals surface area contributed by atoms with Gasteiger partial charge < -0.3 is 20.5 Å². The molecule has 1 aromatic carbocycles. The van der Waals surface area contributed by atoms with Crippen molar-refractivity contribution in [2.75, 3.05) is 23.3 Å². The molecule has 27 heavy (non-hydrogen) atoms. The second-order valence-corrected chi connectivity index (χ2v) is 6.40. The van der Waals surface area contributed by atoms with Crippen LogP contribution in [0.25, 0.3) is 0 Å². The molecule has 0 bridgehead atoms. The van der Waals surface area contributed by atoms with E-state index in [0.29, 0.717) is 43.2 Å². The number of aryl methyl sites for hydroxylation is 1. The molecule has 10 nitrogen and oxygen atoms in total. The zero-order valence-corrected chi connectivity index (χ0v) is 14.7. The Hall–Kier alpha value is -3.43. The molecule has 1 aromatic heterocycles. The molecule has 0 spiro atoms. The monoisotopic (exact) mass is 373 g/mol. The number of nitro groups is 1. The van der Waals surface area contributed by atoms with Crippen LogP contribution in [-0.2, 0) is 4.79 Å². The van der Waals surface area contributed by atoms with Crippen LogP contribution in [0.3, 0.4) is 0 Å². The van der Waals surface area contributed by atoms with Gasteiger partial charge in [-0.15, -0.1) is 0 Å². The second kappa shape index (κ2) is 7.44. The van der Waals surface area contributed by atoms with Crippen LogP contribution in [-0.4, -0.2) is 35.0 Å². The number of nitrogens with zero attached hydrogens (tertiary/aromatic N) is 3. The number of anilines is 2. The van der Waals surface area contributed by atoms with Gasteiger partial charge in [-0.2, -0.15) is 0 Å². The Balaban J connectivity index is 1.67. The van der Waals surface area contributed by atoms with Crippen LogP contribution < -0.4 is 16.0 Å². The summed E-state index contributed by atoms with van der Waals surface area (Å²) in [7, 11) is 0. The fraction of sp³-hybridized carbons (Fsp3) is 0.353. The Bertz CT molecular complexity index is 886. The molecule has 0 unspecified atom stereocenters. The summed E-state index contributed by atoms with van der Waals surface area (Å²) in [5.74, 6) is -0.115. The van der Waals surface area contributed by atoms with Crippen LogP contribution in [0.2, 0.25) is 0 Å². The molecule has 1 fully saturated rings. The van der Waals surface area contributed by atoms with Crippen LogP contribution in [0.5, 0.6) is 0 Å². The van der Waals surface area contributed by atoms with E-state index >= 15 is 0 Å². The molecule has 0 aliphatic carbocycles. The molecule has 0 radical (unpaired) electrons. The fourth-order valence-electron chi connectivity index (χ4n) is 3.13. The minimum atomic E-state index is -0.719. The van der Waals surface area contributed by atoms with Crippen molar-refractivity contribution in [1.29, 1.82) is 0 Å². The summed E-state index contributed by atoms with van der Waals surface area (Å²) in [6, 6.07) is 5.81. The van der Waals surface area contributed by atoms with E-state index < -0.39 is 10.8 Å². The molecule has 2 heterocycles. The molecule has 1 saturated heterocycles. The maximum atomic E-state index is 12.3. The molecule has 1 aliphatic heterocycles. The number of amides is 2. The van der Waals surface area contributed by atoms with Gasteiger partial charge in [-0.25, -0.2) is 0 Å². The minimum absolute atomic E-state index is 0.0858. The zero-order valence-electron chi connectivity index (χ0n) is 14.7. The number of carbonyl (C=O) groups excluding carboxylic acids is 2. The van der Waals surface area contributed by atoms with Gasteiger partial charge in [0.25, 0.3) is 5.69 Å². The largest absolute Gasteiger partial charge is 0.366 e. The van der Waals surface area contributed by atoms with Gasteiger partial charge in [0.05, 0.1) is 4.92 Å². The second-order valence-electron chi connectivity index (χ2n) is 6.40. The van der Waals surface area contributed by atoms with Crippen molar-refractivity contribution in [3.63, 3.8) is 0 Å². The molecule has 2 amide bonds. The van der Waals surface area contributed by atoms with Crippen molar-refractivity contribution in [2.24, 2.45) is 11.7 Å². The van der Waals surface area contributed by atoms with E-state index in [4.69, 9.17) is 10.3 Å². The molecule has 3 rings (SSSR count). The van der Waals surface area contributed by atoms with Crippen LogP contribution in [0.4, 0.5) is 17.2 Å². The number of benzene rings is 1. The van der Waals surface area contributed by atoms with Gasteiger partial charge in [0.15, 0.2) is 5.82 Å². The molecule has 0 atom stereocenters. The maximum Gasteiger partial charge on any atom is 0.293 e. The highest BCUT2D eigenvalue weighted by atomic mass is 16.6. The number of primary amides is 1. The van der Waals surface area contributed by atoms with Gasteiger partial charge in [0.2, 0.25) is 11.8 Å². The number of carbonyl (C=O) groups is 2. The van der Waals surface area contributed by atoms with Crippen molar-refractivity contribution in [3.05, 3.63) is 45.7 Å². The number of nitrogens with two attached hydrogens (primary N) is 1. The third-order valence-electron chi connectivity index (χ3n) is 4.54. The van der Waals surface area contributed by atoms with Crippen LogP contribution in [0.15, 0.2) is 28.8 Å². The van der Waals surface area contributed by atoms with Gasteiger partial charge in [-0.05, 0) is 31.9 Å². The quantitative estimate of drug-likeness (QED) is 0.601. The number of piperidine rings is 1. The van der Waals surface area contributed by atoms with E-state index in [2.05, 4.69) is 10.5 Å². The summed E-state index contributed by atoms with van der Waals surface area (Å²) in [4.78, 5) is 36.3. The third kappa shape index (κ3) is 4.05. The first-order valence-corrected chi connectivity index (χ1v) is 8.42. The molecule has 2 aromatic rings. The van der Waals surface area contributed by atoms with E-state index in [1.54, 1.807) is 13.0 Å². The number of hydrogen-bond donors (Lipinski definition) is 2. The van der Waals surface area contributed by atoms with E-state index in [1.165, 1.54) is 18.2 Å². The van der Waals surface area contributed by atoms with Crippen LogP contribution >= 0.6 is 0 Å². The smallest absolute Gasteiger partial charge is 0.293 e. The average Bonchev–Trinajstić information content (AvgIpc) is 3.06. The number of aromatic nitrogens is 1. The average molecular weight is 373 g/mol.